The van der Waals surface area contributed by atoms with Crippen molar-refractivity contribution in [2.75, 3.05) is 18.4 Å². The zero-order valence-corrected chi connectivity index (χ0v) is 13.2. The molecule has 0 atom stereocenters. The minimum Gasteiger partial charge on any atom is -0.361 e. The quantitative estimate of drug-likeness (QED) is 0.572. The van der Waals surface area contributed by atoms with E-state index in [1.54, 1.807) is 0 Å². The molecule has 0 saturated carbocycles. The second-order valence-corrected chi connectivity index (χ2v) is 5.18. The van der Waals surface area contributed by atoms with Gasteiger partial charge in [-0.3, -0.25) is 4.79 Å². The number of carbonyl (C=O) groups is 1. The molecule has 0 aliphatic heterocycles. The number of amides is 1. The highest BCUT2D eigenvalue weighted by Gasteiger charge is 2.06. The predicted molar refractivity (Wildman–Crippen MR) is 89.3 cm³/mol. The fourth-order valence-electron chi connectivity index (χ4n) is 1.81. The summed E-state index contributed by atoms with van der Waals surface area (Å²) in [4.78, 5) is 11.8. The molecule has 0 bridgehead atoms. The van der Waals surface area contributed by atoms with Gasteiger partial charge < -0.3 is 16.0 Å². The van der Waals surface area contributed by atoms with Crippen LogP contribution in [0.15, 0.2) is 42.5 Å². The van der Waals surface area contributed by atoms with Crippen LogP contribution in [0.5, 0.6) is 0 Å². The molecule has 0 radical (unpaired) electrons. The van der Waals surface area contributed by atoms with Crippen LogP contribution in [0.1, 0.15) is 10.4 Å². The summed E-state index contributed by atoms with van der Waals surface area (Å²) in [6.45, 7) is 0.547. The molecule has 126 valence electrons. The van der Waals surface area contributed by atoms with E-state index in [2.05, 4.69) is 16.0 Å². The lowest BCUT2D eigenvalue weighted by Gasteiger charge is -2.11. The maximum absolute atomic E-state index is 13.4. The lowest BCUT2D eigenvalue weighted by atomic mass is 10.2. The molecule has 1 amide bonds. The summed E-state index contributed by atoms with van der Waals surface area (Å²) in [5, 5.41) is 8.12. The Bertz CT molecular complexity index is 738. The first-order valence-corrected chi connectivity index (χ1v) is 7.40. The van der Waals surface area contributed by atoms with E-state index in [1.807, 2.05) is 0 Å². The number of nitrogens with one attached hydrogen (secondary N) is 3. The Balaban J connectivity index is 1.72. The average Bonchev–Trinajstić information content (AvgIpc) is 2.55. The van der Waals surface area contributed by atoms with Crippen LogP contribution >= 0.6 is 12.2 Å². The van der Waals surface area contributed by atoms with Crippen molar-refractivity contribution in [1.29, 1.82) is 0 Å². The van der Waals surface area contributed by atoms with Crippen LogP contribution in [0.25, 0.3) is 0 Å². The molecule has 0 spiro atoms. The van der Waals surface area contributed by atoms with Gasteiger partial charge in [0, 0.05) is 24.7 Å². The molecule has 0 saturated heterocycles. The van der Waals surface area contributed by atoms with E-state index in [9.17, 15) is 18.0 Å². The normalized spacial score (nSPS) is 10.1. The maximum Gasteiger partial charge on any atom is 0.251 e. The topological polar surface area (TPSA) is 53.2 Å². The van der Waals surface area contributed by atoms with Crippen LogP contribution in [0.4, 0.5) is 18.9 Å². The van der Waals surface area contributed by atoms with Crippen LogP contribution < -0.4 is 16.0 Å². The first-order valence-electron chi connectivity index (χ1n) is 6.99. The lowest BCUT2D eigenvalue weighted by molar-refractivity contribution is 0.0954. The van der Waals surface area contributed by atoms with Crippen LogP contribution in [0, 0.1) is 17.5 Å². The van der Waals surface area contributed by atoms with Gasteiger partial charge in [0.25, 0.3) is 5.91 Å². The van der Waals surface area contributed by atoms with Crippen molar-refractivity contribution in [3.05, 3.63) is 65.5 Å². The van der Waals surface area contributed by atoms with Gasteiger partial charge in [0.05, 0.1) is 5.69 Å². The Morgan fingerprint density at radius 2 is 1.54 bits per heavy atom. The van der Waals surface area contributed by atoms with Crippen molar-refractivity contribution in [1.82, 2.24) is 10.6 Å². The molecule has 2 rings (SSSR count). The van der Waals surface area contributed by atoms with E-state index >= 15 is 0 Å². The maximum atomic E-state index is 13.4. The Labute approximate surface area is 142 Å². The van der Waals surface area contributed by atoms with Crippen LogP contribution in [-0.2, 0) is 0 Å². The number of benzene rings is 2. The van der Waals surface area contributed by atoms with Crippen LogP contribution in [-0.4, -0.2) is 24.1 Å². The number of halogens is 3. The van der Waals surface area contributed by atoms with Crippen molar-refractivity contribution < 1.29 is 18.0 Å². The molecule has 4 nitrogen and oxygen atoms in total. The fourth-order valence-corrected chi connectivity index (χ4v) is 2.02. The first-order chi connectivity index (χ1) is 11.5. The van der Waals surface area contributed by atoms with Gasteiger partial charge in [0.15, 0.2) is 5.11 Å². The van der Waals surface area contributed by atoms with Crippen molar-refractivity contribution in [3.8, 4) is 0 Å². The Hall–Kier alpha value is -2.61. The molecule has 24 heavy (non-hydrogen) atoms. The molecular weight excluding hydrogens is 339 g/mol. The Morgan fingerprint density at radius 1 is 0.917 bits per heavy atom. The summed E-state index contributed by atoms with van der Waals surface area (Å²) in [5.74, 6) is -2.21. The number of carbonyl (C=O) groups excluding carboxylic acids is 1. The average molecular weight is 353 g/mol. The molecule has 0 aliphatic carbocycles. The highest BCUT2D eigenvalue weighted by molar-refractivity contribution is 7.80. The third kappa shape index (κ3) is 5.24. The molecule has 8 heteroatoms. The van der Waals surface area contributed by atoms with Crippen molar-refractivity contribution in [3.63, 3.8) is 0 Å². The van der Waals surface area contributed by atoms with E-state index in [1.165, 1.54) is 30.3 Å². The first kappa shape index (κ1) is 17.7. The molecule has 0 aliphatic rings. The summed E-state index contributed by atoms with van der Waals surface area (Å²) < 4.78 is 39.0. The van der Waals surface area contributed by atoms with Crippen molar-refractivity contribution in [2.24, 2.45) is 0 Å². The van der Waals surface area contributed by atoms with Gasteiger partial charge in [-0.1, -0.05) is 0 Å². The summed E-state index contributed by atoms with van der Waals surface area (Å²) in [5.41, 5.74) is 0.384. The van der Waals surface area contributed by atoms with E-state index < -0.39 is 17.5 Å². The van der Waals surface area contributed by atoms with E-state index in [-0.39, 0.29) is 23.3 Å². The van der Waals surface area contributed by atoms with Gasteiger partial charge in [-0.05, 0) is 48.6 Å². The van der Waals surface area contributed by atoms with Gasteiger partial charge in [0.1, 0.15) is 17.5 Å². The number of hydrogen-bond acceptors (Lipinski definition) is 2. The summed E-state index contributed by atoms with van der Waals surface area (Å²) in [6, 6.07) is 8.23. The van der Waals surface area contributed by atoms with Gasteiger partial charge in [-0.2, -0.15) is 0 Å². The molecule has 2 aromatic carbocycles. The zero-order chi connectivity index (χ0) is 17.5. The lowest BCUT2D eigenvalue weighted by Crippen LogP contribution is -2.36. The monoisotopic (exact) mass is 353 g/mol. The molecule has 0 heterocycles. The third-order valence-electron chi connectivity index (χ3n) is 2.98. The van der Waals surface area contributed by atoms with Crippen molar-refractivity contribution in [2.45, 2.75) is 0 Å². The molecular formula is C16H14F3N3OS. The summed E-state index contributed by atoms with van der Waals surface area (Å²) >= 11 is 4.98. The van der Waals surface area contributed by atoms with Crippen LogP contribution in [0.2, 0.25) is 0 Å². The molecule has 0 aromatic heterocycles. The second kappa shape index (κ2) is 8.30. The highest BCUT2D eigenvalue weighted by Crippen LogP contribution is 2.14. The standard InChI is InChI=1S/C16H14F3N3OS/c17-11-3-1-10(2-4-11)15(23)20-7-8-21-16(24)22-14-6-5-12(18)9-13(14)19/h1-6,9H,7-8H2,(H,20,23)(H2,21,22,24). The van der Waals surface area contributed by atoms with Gasteiger partial charge in [-0.15, -0.1) is 0 Å². The van der Waals surface area contributed by atoms with Crippen molar-refractivity contribution >= 4 is 28.9 Å². The predicted octanol–water partition coefficient (Wildman–Crippen LogP) is 2.82. The number of thiocarbonyl (C=S) groups is 1. The van der Waals surface area contributed by atoms with Gasteiger partial charge in [0.2, 0.25) is 0 Å². The van der Waals surface area contributed by atoms with E-state index in [0.717, 1.165) is 12.1 Å². The number of anilines is 1. The highest BCUT2D eigenvalue weighted by atomic mass is 32.1. The molecule has 2 aromatic rings. The smallest absolute Gasteiger partial charge is 0.251 e. The summed E-state index contributed by atoms with van der Waals surface area (Å²) in [6.07, 6.45) is 0. The zero-order valence-electron chi connectivity index (χ0n) is 12.4. The molecule has 0 fully saturated rings. The summed E-state index contributed by atoms with van der Waals surface area (Å²) in [7, 11) is 0. The molecule has 3 N–H and O–H groups in total. The molecule has 0 unspecified atom stereocenters. The fraction of sp³-hybridized carbons (Fsp3) is 0.125. The van der Waals surface area contributed by atoms with E-state index in [0.29, 0.717) is 12.1 Å². The Morgan fingerprint density at radius 3 is 2.21 bits per heavy atom. The minimum atomic E-state index is -0.760. The Kier molecular flexibility index (Phi) is 6.14. The van der Waals surface area contributed by atoms with Crippen LogP contribution in [0.3, 0.4) is 0 Å². The largest absolute Gasteiger partial charge is 0.361 e. The van der Waals surface area contributed by atoms with E-state index in [4.69, 9.17) is 12.2 Å². The number of hydrogen-bond donors (Lipinski definition) is 3. The van der Waals surface area contributed by atoms with Gasteiger partial charge >= 0.3 is 0 Å². The minimum absolute atomic E-state index is 0.0456. The second-order valence-electron chi connectivity index (χ2n) is 4.77. The van der Waals surface area contributed by atoms with Gasteiger partial charge in [-0.25, -0.2) is 13.2 Å². The third-order valence-corrected chi connectivity index (χ3v) is 3.23. The SMILES string of the molecule is O=C(NCCNC(=S)Nc1ccc(F)cc1F)c1ccc(F)cc1. The number of rotatable bonds is 5.